The predicted molar refractivity (Wildman–Crippen MR) is 73.9 cm³/mol. The van der Waals surface area contributed by atoms with Crippen LogP contribution >= 0.6 is 0 Å². The molecule has 0 fully saturated rings. The monoisotopic (exact) mass is 272 g/mol. The smallest absolute Gasteiger partial charge is 0.194 e. The average molecular weight is 272 g/mol. The largest absolute Gasteiger partial charge is 0.289 e. The highest BCUT2D eigenvalue weighted by molar-refractivity contribution is 6.29. The Morgan fingerprint density at radius 3 is 2.10 bits per heavy atom. The number of rotatable bonds is 0. The minimum Gasteiger partial charge on any atom is -0.289 e. The van der Waals surface area contributed by atoms with Gasteiger partial charge in [0, 0.05) is 22.3 Å². The summed E-state index contributed by atoms with van der Waals surface area (Å²) < 4.78 is 0. The van der Waals surface area contributed by atoms with Crippen molar-refractivity contribution in [2.24, 2.45) is 0 Å². The highest BCUT2D eigenvalue weighted by Crippen LogP contribution is 2.32. The summed E-state index contributed by atoms with van der Waals surface area (Å²) in [7, 11) is 0. The van der Waals surface area contributed by atoms with Crippen molar-refractivity contribution in [3.63, 3.8) is 0 Å². The van der Waals surface area contributed by atoms with Gasteiger partial charge in [-0.1, -0.05) is 24.3 Å². The lowest BCUT2D eigenvalue weighted by Crippen LogP contribution is -2.23. The van der Waals surface area contributed by atoms with Crippen molar-refractivity contribution in [1.29, 1.82) is 10.5 Å². The molecule has 0 unspecified atom stereocenters. The third kappa shape index (κ3) is 1.60. The van der Waals surface area contributed by atoms with Crippen LogP contribution in [0.15, 0.2) is 30.3 Å². The average Bonchev–Trinajstić information content (AvgIpc) is 2.51. The molecule has 2 aromatic rings. The summed E-state index contributed by atoms with van der Waals surface area (Å²) in [5, 5.41) is 18.3. The number of ketones is 2. The van der Waals surface area contributed by atoms with Gasteiger partial charge in [0.15, 0.2) is 11.6 Å². The fourth-order valence-corrected chi connectivity index (χ4v) is 2.68. The summed E-state index contributed by atoms with van der Waals surface area (Å²) in [5.41, 5.74) is 1.76. The molecule has 0 atom stereocenters. The topological polar surface area (TPSA) is 81.7 Å². The third-order valence-corrected chi connectivity index (χ3v) is 3.70. The number of benzene rings is 2. The molecule has 4 nitrogen and oxygen atoms in total. The maximum absolute atomic E-state index is 12.6. The van der Waals surface area contributed by atoms with Crippen molar-refractivity contribution in [1.82, 2.24) is 0 Å². The van der Waals surface area contributed by atoms with Gasteiger partial charge in [-0.25, -0.2) is 0 Å². The Morgan fingerprint density at radius 2 is 1.52 bits per heavy atom. The fourth-order valence-electron chi connectivity index (χ4n) is 2.68. The number of hydrogen-bond donors (Lipinski definition) is 0. The van der Waals surface area contributed by atoms with Crippen LogP contribution in [0, 0.1) is 29.6 Å². The van der Waals surface area contributed by atoms with Crippen LogP contribution < -0.4 is 0 Å². The standard InChI is InChI=1S/C17H8N2O2/c1-9-14(8-19)10(7-18)6-13-15(9)17(21)12-5-3-2-4-11(12)16(13)20/h2-6H,1H3. The van der Waals surface area contributed by atoms with E-state index >= 15 is 0 Å². The van der Waals surface area contributed by atoms with Gasteiger partial charge in [0.25, 0.3) is 0 Å². The lowest BCUT2D eigenvalue weighted by molar-refractivity contribution is 0.0978. The second kappa shape index (κ2) is 4.40. The number of carbonyl (C=O) groups is 2. The van der Waals surface area contributed by atoms with E-state index in [1.54, 1.807) is 31.2 Å². The van der Waals surface area contributed by atoms with Crippen LogP contribution in [0.3, 0.4) is 0 Å². The molecule has 98 valence electrons. The summed E-state index contributed by atoms with van der Waals surface area (Å²) in [6.07, 6.45) is 0. The zero-order valence-corrected chi connectivity index (χ0v) is 11.1. The Morgan fingerprint density at radius 1 is 0.905 bits per heavy atom. The number of nitriles is 2. The molecule has 0 saturated heterocycles. The first-order chi connectivity index (χ1) is 10.1. The minimum absolute atomic E-state index is 0.120. The van der Waals surface area contributed by atoms with Gasteiger partial charge in [0.05, 0.1) is 11.1 Å². The maximum Gasteiger partial charge on any atom is 0.194 e. The summed E-state index contributed by atoms with van der Waals surface area (Å²) >= 11 is 0. The molecule has 3 rings (SSSR count). The van der Waals surface area contributed by atoms with Gasteiger partial charge in [0.1, 0.15) is 12.1 Å². The summed E-state index contributed by atoms with van der Waals surface area (Å²) in [6, 6.07) is 11.8. The molecule has 0 saturated carbocycles. The van der Waals surface area contributed by atoms with Crippen LogP contribution in [-0.2, 0) is 0 Å². The molecular weight excluding hydrogens is 264 g/mol. The molecule has 1 aliphatic rings. The van der Waals surface area contributed by atoms with Crippen LogP contribution in [0.5, 0.6) is 0 Å². The minimum atomic E-state index is -0.288. The van der Waals surface area contributed by atoms with Crippen LogP contribution in [0.2, 0.25) is 0 Å². The van der Waals surface area contributed by atoms with Crippen molar-refractivity contribution in [2.75, 3.05) is 0 Å². The van der Waals surface area contributed by atoms with Gasteiger partial charge in [-0.05, 0) is 18.6 Å². The van der Waals surface area contributed by atoms with Gasteiger partial charge >= 0.3 is 0 Å². The van der Waals surface area contributed by atoms with Crippen molar-refractivity contribution in [3.05, 3.63) is 69.3 Å². The van der Waals surface area contributed by atoms with Crippen molar-refractivity contribution in [3.8, 4) is 12.1 Å². The number of carbonyl (C=O) groups excluding carboxylic acids is 2. The first-order valence-corrected chi connectivity index (χ1v) is 6.26. The first kappa shape index (κ1) is 12.8. The van der Waals surface area contributed by atoms with Crippen LogP contribution in [0.4, 0.5) is 0 Å². The van der Waals surface area contributed by atoms with Gasteiger partial charge < -0.3 is 0 Å². The molecule has 0 radical (unpaired) electrons. The van der Waals surface area contributed by atoms with Crippen molar-refractivity contribution >= 4 is 11.6 Å². The van der Waals surface area contributed by atoms with E-state index in [4.69, 9.17) is 5.26 Å². The molecule has 21 heavy (non-hydrogen) atoms. The maximum atomic E-state index is 12.6. The van der Waals surface area contributed by atoms with E-state index in [2.05, 4.69) is 0 Å². The molecule has 0 aromatic heterocycles. The van der Waals surface area contributed by atoms with E-state index in [9.17, 15) is 14.9 Å². The molecule has 0 N–H and O–H groups in total. The zero-order valence-electron chi connectivity index (χ0n) is 11.1. The predicted octanol–water partition coefficient (Wildman–Crippen LogP) is 2.51. The molecule has 0 aliphatic heterocycles. The second-order valence-electron chi connectivity index (χ2n) is 4.77. The quantitative estimate of drug-likeness (QED) is 0.629. The number of fused-ring (bicyclic) bond motifs is 2. The normalized spacial score (nSPS) is 12.1. The van der Waals surface area contributed by atoms with Gasteiger partial charge in [-0.3, -0.25) is 9.59 Å². The van der Waals surface area contributed by atoms with E-state index in [1.807, 2.05) is 12.1 Å². The Kier molecular flexibility index (Phi) is 2.68. The fraction of sp³-hybridized carbons (Fsp3) is 0.0588. The summed E-state index contributed by atoms with van der Waals surface area (Å²) in [4.78, 5) is 25.1. The summed E-state index contributed by atoms with van der Waals surface area (Å²) in [6.45, 7) is 1.59. The Labute approximate surface area is 120 Å². The molecular formula is C17H8N2O2. The van der Waals surface area contributed by atoms with Crippen LogP contribution in [-0.4, -0.2) is 11.6 Å². The van der Waals surface area contributed by atoms with Crippen molar-refractivity contribution in [2.45, 2.75) is 6.92 Å². The third-order valence-electron chi connectivity index (χ3n) is 3.70. The van der Waals surface area contributed by atoms with Gasteiger partial charge in [0.2, 0.25) is 0 Å². The van der Waals surface area contributed by atoms with E-state index in [1.165, 1.54) is 6.07 Å². The lowest BCUT2D eigenvalue weighted by atomic mass is 9.79. The lowest BCUT2D eigenvalue weighted by Gasteiger charge is -2.20. The second-order valence-corrected chi connectivity index (χ2v) is 4.77. The Bertz CT molecular complexity index is 912. The highest BCUT2D eigenvalue weighted by atomic mass is 16.1. The summed E-state index contributed by atoms with van der Waals surface area (Å²) in [5.74, 6) is -0.567. The number of hydrogen-bond acceptors (Lipinski definition) is 4. The molecule has 0 spiro atoms. The molecule has 1 aliphatic carbocycles. The SMILES string of the molecule is Cc1c(C#N)c(C#N)cc2c1C(=O)c1ccccc1C2=O. The molecule has 0 amide bonds. The van der Waals surface area contributed by atoms with Crippen molar-refractivity contribution < 1.29 is 9.59 Å². The van der Waals surface area contributed by atoms with E-state index in [0.29, 0.717) is 16.7 Å². The zero-order chi connectivity index (χ0) is 15.1. The van der Waals surface area contributed by atoms with Gasteiger partial charge in [-0.15, -0.1) is 0 Å². The Hall–Kier alpha value is -3.24. The molecule has 0 bridgehead atoms. The molecule has 0 heterocycles. The van der Waals surface area contributed by atoms with Gasteiger partial charge in [-0.2, -0.15) is 10.5 Å². The van der Waals surface area contributed by atoms with E-state index in [-0.39, 0.29) is 33.8 Å². The van der Waals surface area contributed by atoms with Crippen LogP contribution in [0.1, 0.15) is 48.5 Å². The molecule has 4 heteroatoms. The van der Waals surface area contributed by atoms with Crippen LogP contribution in [0.25, 0.3) is 0 Å². The molecule has 2 aromatic carbocycles. The first-order valence-electron chi connectivity index (χ1n) is 6.26. The van der Waals surface area contributed by atoms with E-state index in [0.717, 1.165) is 0 Å². The highest BCUT2D eigenvalue weighted by Gasteiger charge is 2.32. The van der Waals surface area contributed by atoms with E-state index < -0.39 is 0 Å². The Balaban J connectivity index is 2.42. The number of nitrogens with zero attached hydrogens (tertiary/aromatic N) is 2.